The quantitative estimate of drug-likeness (QED) is 0.520. The second-order valence-electron chi connectivity index (χ2n) is 3.30. The highest BCUT2D eigenvalue weighted by Crippen LogP contribution is 2.24. The van der Waals surface area contributed by atoms with Crippen molar-refractivity contribution in [3.63, 3.8) is 0 Å². The van der Waals surface area contributed by atoms with Crippen LogP contribution in [0.4, 0.5) is 0 Å². The maximum Gasteiger partial charge on any atom is 0.274 e. The Hall–Kier alpha value is -2.16. The second-order valence-corrected chi connectivity index (χ2v) is 3.30. The van der Waals surface area contributed by atoms with Crippen molar-refractivity contribution in [2.75, 3.05) is 6.54 Å². The molecular weight excluding hydrogens is 212 g/mol. The van der Waals surface area contributed by atoms with E-state index in [1.54, 1.807) is 6.92 Å². The number of likely N-dealkylation sites (N-methyl/N-ethyl adjacent to an activating group) is 1. The van der Waals surface area contributed by atoms with Crippen LogP contribution in [0, 0.1) is 17.2 Å². The predicted octanol–water partition coefficient (Wildman–Crippen LogP) is -0.0840. The molecule has 0 aromatic heterocycles. The van der Waals surface area contributed by atoms with Crippen LogP contribution in [0.2, 0.25) is 0 Å². The van der Waals surface area contributed by atoms with Gasteiger partial charge in [0.1, 0.15) is 17.6 Å². The average Bonchev–Trinajstić information content (AvgIpc) is 2.18. The Balaban J connectivity index is 3.39. The van der Waals surface area contributed by atoms with Gasteiger partial charge in [0.05, 0.1) is 0 Å². The van der Waals surface area contributed by atoms with Gasteiger partial charge in [-0.3, -0.25) is 19.3 Å². The lowest BCUT2D eigenvalue weighted by Gasteiger charge is -2.27. The number of aliphatic hydroxyl groups excluding tert-OH is 1. The number of nitrogens with zero attached hydrogens (tertiary/aromatic N) is 2. The summed E-state index contributed by atoms with van der Waals surface area (Å²) in [6.45, 7) is 2.72. The van der Waals surface area contributed by atoms with Crippen molar-refractivity contribution in [2.24, 2.45) is 5.92 Å². The van der Waals surface area contributed by atoms with Crippen LogP contribution >= 0.6 is 0 Å². The largest absolute Gasteiger partial charge is 0.509 e. The van der Waals surface area contributed by atoms with Crippen LogP contribution in [0.25, 0.3) is 0 Å². The minimum Gasteiger partial charge on any atom is -0.509 e. The van der Waals surface area contributed by atoms with Gasteiger partial charge in [-0.2, -0.15) is 5.26 Å². The number of hydrogen-bond donors (Lipinski definition) is 1. The fourth-order valence-electron chi connectivity index (χ4n) is 1.53. The lowest BCUT2D eigenvalue weighted by Crippen LogP contribution is -2.48. The number of Topliss-reactive ketones (excluding diaryl/α,β-unsaturated/α-hetero) is 1. The molecule has 0 fully saturated rings. The first-order chi connectivity index (χ1) is 7.45. The Morgan fingerprint density at radius 2 is 2.12 bits per heavy atom. The first-order valence-corrected chi connectivity index (χ1v) is 4.65. The van der Waals surface area contributed by atoms with Crippen molar-refractivity contribution in [3.05, 3.63) is 11.3 Å². The van der Waals surface area contributed by atoms with Gasteiger partial charge in [0.2, 0.25) is 5.91 Å². The van der Waals surface area contributed by atoms with Gasteiger partial charge in [0, 0.05) is 6.54 Å². The number of imide groups is 1. The molecule has 1 heterocycles. The summed E-state index contributed by atoms with van der Waals surface area (Å²) >= 11 is 0. The summed E-state index contributed by atoms with van der Waals surface area (Å²) < 4.78 is 0. The molecule has 0 saturated carbocycles. The molecule has 0 aromatic rings. The Morgan fingerprint density at radius 3 is 2.50 bits per heavy atom. The van der Waals surface area contributed by atoms with E-state index in [-0.39, 0.29) is 6.54 Å². The van der Waals surface area contributed by atoms with E-state index in [9.17, 15) is 19.5 Å². The monoisotopic (exact) mass is 222 g/mol. The van der Waals surface area contributed by atoms with Crippen LogP contribution in [0.1, 0.15) is 13.8 Å². The third-order valence-electron chi connectivity index (χ3n) is 2.34. The molecule has 0 radical (unpaired) electrons. The maximum atomic E-state index is 11.7. The van der Waals surface area contributed by atoms with Crippen molar-refractivity contribution in [3.8, 4) is 6.07 Å². The topological polar surface area (TPSA) is 98.5 Å². The van der Waals surface area contributed by atoms with E-state index in [2.05, 4.69) is 0 Å². The van der Waals surface area contributed by atoms with Gasteiger partial charge in [0.15, 0.2) is 11.5 Å². The minimum absolute atomic E-state index is 0.0555. The normalized spacial score (nSPS) is 21.1. The van der Waals surface area contributed by atoms with E-state index in [1.165, 1.54) is 6.07 Å². The molecule has 1 aliphatic heterocycles. The molecule has 2 amide bonds. The Bertz CT molecular complexity index is 444. The van der Waals surface area contributed by atoms with Crippen molar-refractivity contribution in [1.82, 2.24) is 4.90 Å². The van der Waals surface area contributed by atoms with E-state index < -0.39 is 34.8 Å². The number of aliphatic hydroxyl groups is 1. The number of ketones is 1. The van der Waals surface area contributed by atoms with Gasteiger partial charge >= 0.3 is 0 Å². The third kappa shape index (κ3) is 1.56. The third-order valence-corrected chi connectivity index (χ3v) is 2.34. The molecule has 0 aliphatic carbocycles. The molecule has 16 heavy (non-hydrogen) atoms. The summed E-state index contributed by atoms with van der Waals surface area (Å²) in [5.41, 5.74) is -0.540. The first kappa shape index (κ1) is 11.9. The molecule has 84 valence electrons. The van der Waals surface area contributed by atoms with Crippen LogP contribution in [-0.4, -0.2) is 34.1 Å². The number of rotatable bonds is 2. The van der Waals surface area contributed by atoms with Crippen LogP contribution in [0.15, 0.2) is 11.3 Å². The summed E-state index contributed by atoms with van der Waals surface area (Å²) in [5.74, 6) is -4.40. The van der Waals surface area contributed by atoms with Gasteiger partial charge in [-0.25, -0.2) is 0 Å². The zero-order valence-corrected chi connectivity index (χ0v) is 8.85. The summed E-state index contributed by atoms with van der Waals surface area (Å²) in [6, 6.07) is 1.51. The molecule has 6 nitrogen and oxygen atoms in total. The SMILES string of the molecule is CCN1C(=O)C(C#N)=C(O)C(C(C)=O)C1=O. The molecule has 1 aliphatic rings. The van der Waals surface area contributed by atoms with Crippen molar-refractivity contribution < 1.29 is 19.5 Å². The first-order valence-electron chi connectivity index (χ1n) is 4.65. The fourth-order valence-corrected chi connectivity index (χ4v) is 1.53. The predicted molar refractivity (Wildman–Crippen MR) is 51.8 cm³/mol. The molecule has 1 N–H and O–H groups in total. The van der Waals surface area contributed by atoms with Crippen molar-refractivity contribution in [1.29, 1.82) is 5.26 Å². The Morgan fingerprint density at radius 1 is 1.56 bits per heavy atom. The molecule has 6 heteroatoms. The highest BCUT2D eigenvalue weighted by atomic mass is 16.3. The Kier molecular flexibility index (Phi) is 3.09. The average molecular weight is 222 g/mol. The zero-order valence-electron chi connectivity index (χ0n) is 8.85. The molecule has 1 rings (SSSR count). The smallest absolute Gasteiger partial charge is 0.274 e. The molecular formula is C10H10N2O4. The van der Waals surface area contributed by atoms with E-state index in [4.69, 9.17) is 5.26 Å². The van der Waals surface area contributed by atoms with E-state index >= 15 is 0 Å². The maximum absolute atomic E-state index is 11.7. The number of nitriles is 1. The number of carbonyl (C=O) groups excluding carboxylic acids is 3. The molecule has 0 aromatic carbocycles. The van der Waals surface area contributed by atoms with Gasteiger partial charge in [-0.15, -0.1) is 0 Å². The van der Waals surface area contributed by atoms with Gasteiger partial charge in [-0.1, -0.05) is 0 Å². The molecule has 1 atom stereocenters. The van der Waals surface area contributed by atoms with E-state index in [0.717, 1.165) is 11.8 Å². The lowest BCUT2D eigenvalue weighted by molar-refractivity contribution is -0.148. The van der Waals surface area contributed by atoms with Crippen LogP contribution < -0.4 is 0 Å². The van der Waals surface area contributed by atoms with Gasteiger partial charge in [0.25, 0.3) is 5.91 Å². The molecule has 1 unspecified atom stereocenters. The zero-order chi connectivity index (χ0) is 12.5. The van der Waals surface area contributed by atoms with Gasteiger partial charge < -0.3 is 5.11 Å². The standard InChI is InChI=1S/C10H10N2O4/c1-3-12-9(15)6(4-11)8(14)7(5(2)13)10(12)16/h7,14H,3H2,1-2H3. The molecule has 0 spiro atoms. The summed E-state index contributed by atoms with van der Waals surface area (Å²) in [6.07, 6.45) is 0. The Labute approximate surface area is 91.8 Å². The van der Waals surface area contributed by atoms with E-state index in [1.807, 2.05) is 0 Å². The molecule has 0 bridgehead atoms. The number of carbonyl (C=O) groups is 3. The van der Waals surface area contributed by atoms with Crippen molar-refractivity contribution in [2.45, 2.75) is 13.8 Å². The summed E-state index contributed by atoms with van der Waals surface area (Å²) in [5, 5.41) is 18.2. The van der Waals surface area contributed by atoms with Crippen LogP contribution in [0.3, 0.4) is 0 Å². The van der Waals surface area contributed by atoms with E-state index in [0.29, 0.717) is 0 Å². The van der Waals surface area contributed by atoms with Crippen molar-refractivity contribution >= 4 is 17.6 Å². The highest BCUT2D eigenvalue weighted by Gasteiger charge is 2.42. The fraction of sp³-hybridized carbons (Fsp3) is 0.400. The van der Waals surface area contributed by atoms with Crippen LogP contribution in [-0.2, 0) is 14.4 Å². The second kappa shape index (κ2) is 4.14. The lowest BCUT2D eigenvalue weighted by atomic mass is 9.93. The molecule has 0 saturated heterocycles. The number of hydrogen-bond acceptors (Lipinski definition) is 5. The summed E-state index contributed by atoms with van der Waals surface area (Å²) in [7, 11) is 0. The summed E-state index contributed by atoms with van der Waals surface area (Å²) in [4.78, 5) is 35.2. The van der Waals surface area contributed by atoms with Gasteiger partial charge in [-0.05, 0) is 13.8 Å². The highest BCUT2D eigenvalue weighted by molar-refractivity contribution is 6.17. The number of amides is 2. The van der Waals surface area contributed by atoms with Crippen LogP contribution in [0.5, 0.6) is 0 Å². The minimum atomic E-state index is -1.42.